The van der Waals surface area contributed by atoms with Crippen LogP contribution in [0, 0.1) is 22.9 Å². The first-order chi connectivity index (χ1) is 19.6. The molecule has 186 valence electrons. The molecule has 0 saturated carbocycles. The Morgan fingerprint density at radius 2 is 0.825 bits per heavy atom. The molecule has 0 radical (unpaired) electrons. The molecule has 0 spiro atoms. The van der Waals surface area contributed by atoms with Crippen LogP contribution in [0.25, 0.3) is 65.3 Å². The lowest BCUT2D eigenvalue weighted by Crippen LogP contribution is -1.99. The van der Waals surface area contributed by atoms with Crippen LogP contribution in [0.15, 0.2) is 107 Å². The summed E-state index contributed by atoms with van der Waals surface area (Å²) < 4.78 is 0. The summed E-state index contributed by atoms with van der Waals surface area (Å²) in [5.74, 6) is 0.359. The molecule has 0 aliphatic rings. The van der Waals surface area contributed by atoms with Gasteiger partial charge in [0.1, 0.15) is 11.5 Å². The molecule has 6 nitrogen and oxygen atoms in total. The molecule has 40 heavy (non-hydrogen) atoms. The van der Waals surface area contributed by atoms with Gasteiger partial charge in [-0.1, -0.05) is 48.5 Å². The number of fused-ring (bicyclic) bond motifs is 6. The van der Waals surface area contributed by atoms with Crippen molar-refractivity contribution in [3.05, 3.63) is 108 Å². The van der Waals surface area contributed by atoms with E-state index >= 15 is 0 Å². The maximum absolute atomic E-state index is 9.97. The average molecular weight is 515 g/mol. The van der Waals surface area contributed by atoms with Gasteiger partial charge in [0.05, 0.1) is 10.7 Å². The molecule has 0 aromatic heterocycles. The average Bonchev–Trinajstić information content (AvgIpc) is 3.43. The Kier molecular flexibility index (Phi) is 5.10. The lowest BCUT2D eigenvalue weighted by atomic mass is 10.0. The lowest BCUT2D eigenvalue weighted by molar-refractivity contribution is 0.475. The van der Waals surface area contributed by atoms with E-state index in [4.69, 9.17) is 0 Å². The first-order valence-electron chi connectivity index (χ1n) is 12.6. The second-order valence-electron chi connectivity index (χ2n) is 9.69. The van der Waals surface area contributed by atoms with Crippen LogP contribution >= 0.6 is 0 Å². The Bertz CT molecular complexity index is 2210. The van der Waals surface area contributed by atoms with E-state index in [-0.39, 0.29) is 11.5 Å². The zero-order valence-corrected chi connectivity index (χ0v) is 20.9. The van der Waals surface area contributed by atoms with Gasteiger partial charge >= 0.3 is 0 Å². The monoisotopic (exact) mass is 514 g/mol. The number of nitriles is 2. The van der Waals surface area contributed by atoms with Crippen LogP contribution in [0.4, 0.5) is 0 Å². The summed E-state index contributed by atoms with van der Waals surface area (Å²) in [4.78, 5) is 8.45. The van der Waals surface area contributed by atoms with Gasteiger partial charge in [-0.25, -0.2) is 0 Å². The molecule has 0 aliphatic carbocycles. The predicted molar refractivity (Wildman–Crippen MR) is 155 cm³/mol. The molecule has 7 rings (SSSR count). The molecule has 0 unspecified atom stereocenters. The van der Waals surface area contributed by atoms with Crippen molar-refractivity contribution in [2.75, 3.05) is 0 Å². The molecule has 0 bridgehead atoms. The number of phenols is 2. The summed E-state index contributed by atoms with van der Waals surface area (Å²) >= 11 is 0. The molecule has 7 aromatic carbocycles. The van der Waals surface area contributed by atoms with E-state index in [9.17, 15) is 20.7 Å². The minimum atomic E-state index is 0.179. The number of phenolic OH excluding ortho intramolecular Hbond substituents is 2. The molecule has 0 amide bonds. The fraction of sp³-hybridized carbons (Fsp3) is 0. The Morgan fingerprint density at radius 3 is 1.23 bits per heavy atom. The first-order valence-corrected chi connectivity index (χ1v) is 12.6. The maximum Gasteiger partial charge on any atom is 0.206 e. The molecular formula is C34H18N4O2. The highest BCUT2D eigenvalue weighted by molar-refractivity contribution is 6.21. The van der Waals surface area contributed by atoms with Crippen LogP contribution < -0.4 is 10.7 Å². The van der Waals surface area contributed by atoms with E-state index in [0.29, 0.717) is 10.7 Å². The summed E-state index contributed by atoms with van der Waals surface area (Å²) in [6.45, 7) is 0. The van der Waals surface area contributed by atoms with Gasteiger partial charge in [0.2, 0.25) is 12.4 Å². The van der Waals surface area contributed by atoms with Crippen LogP contribution in [-0.2, 0) is 0 Å². The Labute approximate surface area is 227 Å². The predicted octanol–water partition coefficient (Wildman–Crippen LogP) is 6.68. The second kappa shape index (κ2) is 8.80. The van der Waals surface area contributed by atoms with Crippen molar-refractivity contribution in [2.24, 2.45) is 9.98 Å². The molecule has 6 heteroatoms. The fourth-order valence-corrected chi connectivity index (χ4v) is 5.75. The highest BCUT2D eigenvalue weighted by atomic mass is 16.3. The number of hydrogen-bond donors (Lipinski definition) is 2. The molecule has 2 N–H and O–H groups in total. The number of rotatable bonds is 2. The minimum absolute atomic E-state index is 0.179. The smallest absolute Gasteiger partial charge is 0.206 e. The summed E-state index contributed by atoms with van der Waals surface area (Å²) in [5, 5.41) is 47.3. The van der Waals surface area contributed by atoms with Gasteiger partial charge in [-0.2, -0.15) is 20.5 Å². The van der Waals surface area contributed by atoms with Crippen molar-refractivity contribution in [1.29, 1.82) is 10.5 Å². The maximum atomic E-state index is 9.97. The molecule has 0 aliphatic heterocycles. The van der Waals surface area contributed by atoms with Crippen molar-refractivity contribution in [3.8, 4) is 46.1 Å². The number of hydrogen-bond acceptors (Lipinski definition) is 6. The van der Waals surface area contributed by atoms with E-state index in [0.717, 1.165) is 65.3 Å². The van der Waals surface area contributed by atoms with E-state index < -0.39 is 0 Å². The largest absolute Gasteiger partial charge is 0.508 e. The summed E-state index contributed by atoms with van der Waals surface area (Å²) in [6, 6.07) is 30.1. The highest BCUT2D eigenvalue weighted by Gasteiger charge is 2.16. The molecule has 0 saturated heterocycles. The highest BCUT2D eigenvalue weighted by Crippen LogP contribution is 2.35. The number of nitrogens with zero attached hydrogens (tertiary/aromatic N) is 4. The van der Waals surface area contributed by atoms with Crippen LogP contribution in [0.2, 0.25) is 0 Å². The zero-order valence-electron chi connectivity index (χ0n) is 20.9. The van der Waals surface area contributed by atoms with Crippen LogP contribution in [-0.4, -0.2) is 10.2 Å². The van der Waals surface area contributed by atoms with Crippen LogP contribution in [0.1, 0.15) is 0 Å². The molecule has 7 aromatic rings. The number of benzene rings is 5. The summed E-state index contributed by atoms with van der Waals surface area (Å²) in [6.07, 6.45) is 3.93. The van der Waals surface area contributed by atoms with Crippen molar-refractivity contribution in [3.63, 3.8) is 0 Å². The van der Waals surface area contributed by atoms with E-state index in [1.165, 1.54) is 0 Å². The third-order valence-corrected chi connectivity index (χ3v) is 7.48. The molecule has 0 fully saturated rings. The second-order valence-corrected chi connectivity index (χ2v) is 9.69. The van der Waals surface area contributed by atoms with Crippen molar-refractivity contribution in [2.45, 2.75) is 0 Å². The van der Waals surface area contributed by atoms with E-state index in [1.54, 1.807) is 36.4 Å². The topological polar surface area (TPSA) is 113 Å². The quantitative estimate of drug-likeness (QED) is 0.250. The van der Waals surface area contributed by atoms with E-state index in [2.05, 4.69) is 9.98 Å². The number of aromatic hydroxyl groups is 2. The van der Waals surface area contributed by atoms with Gasteiger partial charge in [0, 0.05) is 21.5 Å². The standard InChI is InChI=1S/C34H18N4O2/c35-17-37-33-29-13-21(19-3-1-5-23(39)11-19)7-9-25(29)27-15-32-28(16-31(27)33)26-10-8-22(14-30(26)34(32)38-18-36)20-4-2-6-24(40)12-20/h1-16,39-40H. The molecule has 0 atom stereocenters. The van der Waals surface area contributed by atoms with Crippen molar-refractivity contribution < 1.29 is 10.2 Å². The molecule has 0 heterocycles. The SMILES string of the molecule is N#CN=c1c2cc(-c3cccc(O)c3)ccc2c2cc3c(=NC#N)c4cc(-c5cccc(O)c5)ccc4c3cc12. The minimum Gasteiger partial charge on any atom is -0.508 e. The van der Waals surface area contributed by atoms with Gasteiger partial charge < -0.3 is 10.2 Å². The van der Waals surface area contributed by atoms with Gasteiger partial charge in [-0.3, -0.25) is 0 Å². The normalized spacial score (nSPS) is 12.4. The summed E-state index contributed by atoms with van der Waals surface area (Å²) in [5.41, 5.74) is 3.52. The van der Waals surface area contributed by atoms with Crippen molar-refractivity contribution >= 4 is 43.1 Å². The van der Waals surface area contributed by atoms with E-state index in [1.807, 2.05) is 73.0 Å². The first kappa shape index (κ1) is 23.2. The van der Waals surface area contributed by atoms with Crippen LogP contribution in [0.3, 0.4) is 0 Å². The van der Waals surface area contributed by atoms with Crippen LogP contribution in [0.5, 0.6) is 11.5 Å². The third kappa shape index (κ3) is 3.49. The van der Waals surface area contributed by atoms with Gasteiger partial charge in [-0.15, -0.1) is 0 Å². The molecular weight excluding hydrogens is 496 g/mol. The Morgan fingerprint density at radius 1 is 0.425 bits per heavy atom. The summed E-state index contributed by atoms with van der Waals surface area (Å²) in [7, 11) is 0. The Balaban J connectivity index is 1.56. The Hall–Kier alpha value is -5.98. The zero-order chi connectivity index (χ0) is 27.4. The fourth-order valence-electron chi connectivity index (χ4n) is 5.75. The van der Waals surface area contributed by atoms with Gasteiger partial charge in [0.25, 0.3) is 0 Å². The van der Waals surface area contributed by atoms with Gasteiger partial charge in [0.15, 0.2) is 0 Å². The third-order valence-electron chi connectivity index (χ3n) is 7.48. The lowest BCUT2D eigenvalue weighted by Gasteiger charge is -2.03. The van der Waals surface area contributed by atoms with Gasteiger partial charge in [-0.05, 0) is 92.3 Å². The van der Waals surface area contributed by atoms with Crippen molar-refractivity contribution in [1.82, 2.24) is 0 Å².